The second-order valence-corrected chi connectivity index (χ2v) is 9.12. The summed E-state index contributed by atoms with van der Waals surface area (Å²) in [4.78, 5) is 37.3. The molecule has 6 nitrogen and oxygen atoms in total. The molecule has 3 heterocycles. The van der Waals surface area contributed by atoms with E-state index in [1.807, 2.05) is 50.2 Å². The van der Waals surface area contributed by atoms with Gasteiger partial charge in [-0.25, -0.2) is 9.97 Å². The third-order valence-corrected chi connectivity index (χ3v) is 6.75. The molecule has 2 amide bonds. The summed E-state index contributed by atoms with van der Waals surface area (Å²) in [5.74, 6) is 0.114. The number of likely N-dealkylation sites (tertiary alicyclic amines) is 1. The first-order valence-corrected chi connectivity index (χ1v) is 11.4. The van der Waals surface area contributed by atoms with Crippen LogP contribution >= 0.6 is 22.9 Å². The second kappa shape index (κ2) is 9.16. The zero-order chi connectivity index (χ0) is 22.0. The van der Waals surface area contributed by atoms with E-state index in [9.17, 15) is 9.59 Å². The van der Waals surface area contributed by atoms with Crippen molar-refractivity contribution in [2.24, 2.45) is 5.92 Å². The van der Waals surface area contributed by atoms with Crippen LogP contribution in [0.5, 0.6) is 0 Å². The number of aromatic nitrogens is 2. The van der Waals surface area contributed by atoms with Gasteiger partial charge in [-0.2, -0.15) is 0 Å². The average molecular weight is 455 g/mol. The Labute approximate surface area is 190 Å². The highest BCUT2D eigenvalue weighted by molar-refractivity contribution is 7.17. The zero-order valence-electron chi connectivity index (χ0n) is 17.4. The number of anilines is 1. The summed E-state index contributed by atoms with van der Waals surface area (Å²) < 4.78 is 0. The van der Waals surface area contributed by atoms with Crippen LogP contribution in [0.2, 0.25) is 5.02 Å². The van der Waals surface area contributed by atoms with Gasteiger partial charge in [-0.15, -0.1) is 11.3 Å². The summed E-state index contributed by atoms with van der Waals surface area (Å²) in [6.45, 7) is 4.76. The van der Waals surface area contributed by atoms with Crippen molar-refractivity contribution < 1.29 is 9.59 Å². The van der Waals surface area contributed by atoms with Crippen molar-refractivity contribution in [3.8, 4) is 10.6 Å². The number of nitrogens with one attached hydrogen (secondary N) is 1. The van der Waals surface area contributed by atoms with Crippen molar-refractivity contribution in [2.75, 3.05) is 18.4 Å². The van der Waals surface area contributed by atoms with Crippen LogP contribution < -0.4 is 5.32 Å². The molecule has 1 N–H and O–H groups in total. The lowest BCUT2D eigenvalue weighted by atomic mass is 9.97. The number of amides is 2. The van der Waals surface area contributed by atoms with Crippen LogP contribution in [0.25, 0.3) is 10.6 Å². The monoisotopic (exact) mass is 454 g/mol. The van der Waals surface area contributed by atoms with Gasteiger partial charge in [0.25, 0.3) is 5.91 Å². The molecule has 1 saturated heterocycles. The van der Waals surface area contributed by atoms with Crippen molar-refractivity contribution in [1.82, 2.24) is 14.9 Å². The van der Waals surface area contributed by atoms with E-state index < -0.39 is 0 Å². The summed E-state index contributed by atoms with van der Waals surface area (Å²) in [7, 11) is 0. The molecule has 1 aliphatic heterocycles. The third kappa shape index (κ3) is 4.94. The molecule has 31 heavy (non-hydrogen) atoms. The standard InChI is InChI=1S/C23H23ClN4O2S/c1-14-5-3-7-19(25-14)27-21(29)17-6-4-12-28(13-17)23(30)20-15(2)26-22(31-20)16-8-10-18(24)11-9-16/h3,5,7-11,17H,4,6,12-13H2,1-2H3,(H,25,27,29). The fourth-order valence-electron chi connectivity index (χ4n) is 3.67. The van der Waals surface area contributed by atoms with Crippen molar-refractivity contribution in [1.29, 1.82) is 0 Å². The molecule has 0 saturated carbocycles. The van der Waals surface area contributed by atoms with Crippen LogP contribution in [0, 0.1) is 19.8 Å². The number of hydrogen-bond acceptors (Lipinski definition) is 5. The number of hydrogen-bond donors (Lipinski definition) is 1. The lowest BCUT2D eigenvalue weighted by molar-refractivity contribution is -0.121. The molecule has 1 unspecified atom stereocenters. The molecule has 4 rings (SSSR count). The lowest BCUT2D eigenvalue weighted by Gasteiger charge is -2.31. The minimum absolute atomic E-state index is 0.0682. The van der Waals surface area contributed by atoms with Gasteiger partial charge in [0.1, 0.15) is 15.7 Å². The molecule has 0 bridgehead atoms. The maximum atomic E-state index is 13.2. The van der Waals surface area contributed by atoms with Gasteiger partial charge in [0.15, 0.2) is 0 Å². The molecule has 0 aliphatic carbocycles. The summed E-state index contributed by atoms with van der Waals surface area (Å²) >= 11 is 7.35. The van der Waals surface area contributed by atoms with E-state index in [4.69, 9.17) is 11.6 Å². The molecule has 8 heteroatoms. The number of benzene rings is 1. The van der Waals surface area contributed by atoms with E-state index in [1.165, 1.54) is 11.3 Å². The molecule has 0 spiro atoms. The number of thiazole rings is 1. The number of piperidine rings is 1. The number of nitrogens with zero attached hydrogens (tertiary/aromatic N) is 3. The highest BCUT2D eigenvalue weighted by atomic mass is 35.5. The Morgan fingerprint density at radius 2 is 1.90 bits per heavy atom. The van der Waals surface area contributed by atoms with Crippen molar-refractivity contribution in [3.05, 3.63) is 63.8 Å². The van der Waals surface area contributed by atoms with Crippen LogP contribution in [-0.2, 0) is 4.79 Å². The van der Waals surface area contributed by atoms with Crippen LogP contribution in [0.4, 0.5) is 5.82 Å². The summed E-state index contributed by atoms with van der Waals surface area (Å²) in [5.41, 5.74) is 2.48. The number of rotatable bonds is 4. The Bertz CT molecular complexity index is 1110. The molecule has 0 radical (unpaired) electrons. The van der Waals surface area contributed by atoms with Gasteiger partial charge in [0.2, 0.25) is 5.91 Å². The van der Waals surface area contributed by atoms with Crippen LogP contribution in [0.1, 0.15) is 33.9 Å². The number of halogens is 1. The number of carbonyl (C=O) groups excluding carboxylic acids is 2. The van der Waals surface area contributed by atoms with Crippen LogP contribution in [-0.4, -0.2) is 39.8 Å². The normalized spacial score (nSPS) is 16.2. The molecular weight excluding hydrogens is 432 g/mol. The fourth-order valence-corrected chi connectivity index (χ4v) is 4.84. The molecule has 1 aliphatic rings. The van der Waals surface area contributed by atoms with E-state index in [-0.39, 0.29) is 17.7 Å². The van der Waals surface area contributed by atoms with E-state index in [0.717, 1.165) is 29.1 Å². The predicted molar refractivity (Wildman–Crippen MR) is 124 cm³/mol. The molecule has 1 fully saturated rings. The minimum Gasteiger partial charge on any atom is -0.337 e. The van der Waals surface area contributed by atoms with Crippen LogP contribution in [0.15, 0.2) is 42.5 Å². The highest BCUT2D eigenvalue weighted by Gasteiger charge is 2.31. The van der Waals surface area contributed by atoms with Gasteiger partial charge in [-0.05, 0) is 51.0 Å². The highest BCUT2D eigenvalue weighted by Crippen LogP contribution is 2.30. The van der Waals surface area contributed by atoms with Crippen molar-refractivity contribution in [2.45, 2.75) is 26.7 Å². The zero-order valence-corrected chi connectivity index (χ0v) is 19.0. The van der Waals surface area contributed by atoms with Gasteiger partial charge in [0.05, 0.1) is 11.6 Å². The topological polar surface area (TPSA) is 75.2 Å². The van der Waals surface area contributed by atoms with Crippen LogP contribution in [0.3, 0.4) is 0 Å². The number of pyridine rings is 1. The molecule has 1 aromatic carbocycles. The van der Waals surface area contributed by atoms with Gasteiger partial charge in [-0.3, -0.25) is 9.59 Å². The summed E-state index contributed by atoms with van der Waals surface area (Å²) in [6.07, 6.45) is 1.53. The Morgan fingerprint density at radius 1 is 1.13 bits per heavy atom. The minimum atomic E-state index is -0.260. The summed E-state index contributed by atoms with van der Waals surface area (Å²) in [6, 6.07) is 12.9. The Kier molecular flexibility index (Phi) is 6.34. The van der Waals surface area contributed by atoms with Gasteiger partial charge < -0.3 is 10.2 Å². The first-order chi connectivity index (χ1) is 14.9. The average Bonchev–Trinajstić information content (AvgIpc) is 3.15. The van der Waals surface area contributed by atoms with E-state index in [2.05, 4.69) is 15.3 Å². The van der Waals surface area contributed by atoms with Crippen molar-refractivity contribution in [3.63, 3.8) is 0 Å². The molecule has 2 aromatic heterocycles. The fraction of sp³-hybridized carbons (Fsp3) is 0.304. The second-order valence-electron chi connectivity index (χ2n) is 7.68. The van der Waals surface area contributed by atoms with Gasteiger partial charge in [0, 0.05) is 29.4 Å². The smallest absolute Gasteiger partial charge is 0.265 e. The largest absolute Gasteiger partial charge is 0.337 e. The predicted octanol–water partition coefficient (Wildman–Crippen LogP) is 4.97. The lowest BCUT2D eigenvalue weighted by Crippen LogP contribution is -2.43. The Hall–Kier alpha value is -2.77. The van der Waals surface area contributed by atoms with Gasteiger partial charge >= 0.3 is 0 Å². The van der Waals surface area contributed by atoms with Crippen molar-refractivity contribution >= 4 is 40.6 Å². The first-order valence-electron chi connectivity index (χ1n) is 10.2. The Morgan fingerprint density at radius 3 is 2.65 bits per heavy atom. The quantitative estimate of drug-likeness (QED) is 0.604. The van der Waals surface area contributed by atoms with E-state index in [0.29, 0.717) is 34.5 Å². The molecule has 3 aromatic rings. The molecule has 160 valence electrons. The number of aryl methyl sites for hydroxylation is 2. The maximum absolute atomic E-state index is 13.2. The SMILES string of the molecule is Cc1cccc(NC(=O)C2CCCN(C(=O)c3sc(-c4ccc(Cl)cc4)nc3C)C2)n1. The maximum Gasteiger partial charge on any atom is 0.265 e. The molecular formula is C23H23ClN4O2S. The molecule has 1 atom stereocenters. The summed E-state index contributed by atoms with van der Waals surface area (Å²) in [5, 5.41) is 4.33. The first kappa shape index (κ1) is 21.5. The van der Waals surface area contributed by atoms with E-state index in [1.54, 1.807) is 11.0 Å². The number of carbonyl (C=O) groups is 2. The third-order valence-electron chi connectivity index (χ3n) is 5.30. The Balaban J connectivity index is 1.46. The van der Waals surface area contributed by atoms with E-state index >= 15 is 0 Å². The van der Waals surface area contributed by atoms with Gasteiger partial charge in [-0.1, -0.05) is 29.8 Å².